The second-order valence-corrected chi connectivity index (χ2v) is 6.86. The Morgan fingerprint density at radius 2 is 2.00 bits per heavy atom. The Balaban J connectivity index is 1.89. The van der Waals surface area contributed by atoms with Crippen molar-refractivity contribution < 1.29 is 13.9 Å². The highest BCUT2D eigenvalue weighted by atomic mass is 79.9. The standard InChI is InChI=1S/C16H22BrF2NO/c1-2-11-5-7-16(21,8-6-11)10-20-9-12-14(18)4-3-13(17)15(12)19/h3-4,11,20-21H,2,5-10H2,1H3. The molecule has 0 bridgehead atoms. The molecule has 21 heavy (non-hydrogen) atoms. The van der Waals surface area contributed by atoms with Gasteiger partial charge in [-0.2, -0.15) is 0 Å². The smallest absolute Gasteiger partial charge is 0.144 e. The first-order valence-electron chi connectivity index (χ1n) is 7.50. The van der Waals surface area contributed by atoms with Crippen LogP contribution in [0.4, 0.5) is 8.78 Å². The molecule has 0 heterocycles. The molecule has 5 heteroatoms. The van der Waals surface area contributed by atoms with Gasteiger partial charge in [0, 0.05) is 18.7 Å². The van der Waals surface area contributed by atoms with Gasteiger partial charge in [0.05, 0.1) is 10.1 Å². The quantitative estimate of drug-likeness (QED) is 0.772. The maximum absolute atomic E-state index is 13.8. The molecule has 1 fully saturated rings. The SMILES string of the molecule is CCC1CCC(O)(CNCc2c(F)ccc(Br)c2F)CC1. The van der Waals surface area contributed by atoms with Gasteiger partial charge >= 0.3 is 0 Å². The highest BCUT2D eigenvalue weighted by molar-refractivity contribution is 9.10. The van der Waals surface area contributed by atoms with Crippen LogP contribution in [0.2, 0.25) is 0 Å². The lowest BCUT2D eigenvalue weighted by Crippen LogP contribution is -2.43. The Morgan fingerprint density at radius 3 is 2.62 bits per heavy atom. The molecule has 0 saturated heterocycles. The molecule has 1 saturated carbocycles. The molecule has 1 aromatic rings. The molecule has 118 valence electrons. The van der Waals surface area contributed by atoms with Gasteiger partial charge in [-0.25, -0.2) is 8.78 Å². The van der Waals surface area contributed by atoms with Crippen molar-refractivity contribution in [3.8, 4) is 0 Å². The van der Waals surface area contributed by atoms with E-state index < -0.39 is 17.2 Å². The van der Waals surface area contributed by atoms with Crippen molar-refractivity contribution in [2.75, 3.05) is 6.54 Å². The Labute approximate surface area is 133 Å². The van der Waals surface area contributed by atoms with E-state index in [2.05, 4.69) is 28.2 Å². The summed E-state index contributed by atoms with van der Waals surface area (Å²) in [5.74, 6) is -0.445. The van der Waals surface area contributed by atoms with Crippen molar-refractivity contribution >= 4 is 15.9 Å². The molecular weight excluding hydrogens is 340 g/mol. The number of nitrogens with one attached hydrogen (secondary N) is 1. The molecule has 0 spiro atoms. The molecule has 2 N–H and O–H groups in total. The lowest BCUT2D eigenvalue weighted by Gasteiger charge is -2.36. The summed E-state index contributed by atoms with van der Waals surface area (Å²) >= 11 is 3.05. The van der Waals surface area contributed by atoms with Crippen LogP contribution in [0, 0.1) is 17.6 Å². The Hall–Kier alpha value is -0.520. The number of hydrogen-bond donors (Lipinski definition) is 2. The van der Waals surface area contributed by atoms with Crippen LogP contribution in [0.1, 0.15) is 44.6 Å². The van der Waals surface area contributed by atoms with Gasteiger partial charge < -0.3 is 10.4 Å². The van der Waals surface area contributed by atoms with E-state index in [1.165, 1.54) is 12.1 Å². The van der Waals surface area contributed by atoms with Gasteiger partial charge in [-0.15, -0.1) is 0 Å². The normalized spacial score (nSPS) is 26.0. The summed E-state index contributed by atoms with van der Waals surface area (Å²) in [6, 6.07) is 2.60. The summed E-state index contributed by atoms with van der Waals surface area (Å²) < 4.78 is 27.7. The first-order chi connectivity index (χ1) is 9.95. The fourth-order valence-electron chi connectivity index (χ4n) is 2.95. The van der Waals surface area contributed by atoms with Crippen LogP contribution in [0.15, 0.2) is 16.6 Å². The Bertz CT molecular complexity index is 487. The number of benzene rings is 1. The minimum atomic E-state index is -0.745. The number of hydrogen-bond acceptors (Lipinski definition) is 2. The third-order valence-corrected chi connectivity index (χ3v) is 5.12. The van der Waals surface area contributed by atoms with E-state index >= 15 is 0 Å². The zero-order chi connectivity index (χ0) is 15.5. The highest BCUT2D eigenvalue weighted by Gasteiger charge is 2.32. The lowest BCUT2D eigenvalue weighted by atomic mass is 9.78. The number of halogens is 3. The summed E-state index contributed by atoms with van der Waals surface area (Å²) in [4.78, 5) is 0. The average molecular weight is 362 g/mol. The maximum atomic E-state index is 13.8. The topological polar surface area (TPSA) is 32.3 Å². The van der Waals surface area contributed by atoms with E-state index in [9.17, 15) is 13.9 Å². The molecular formula is C16H22BrF2NO. The number of aliphatic hydroxyl groups is 1. The predicted molar refractivity (Wildman–Crippen MR) is 83.0 cm³/mol. The molecule has 2 rings (SSSR count). The zero-order valence-corrected chi connectivity index (χ0v) is 13.8. The van der Waals surface area contributed by atoms with Crippen LogP contribution in [0.5, 0.6) is 0 Å². The summed E-state index contributed by atoms with van der Waals surface area (Å²) in [7, 11) is 0. The first-order valence-corrected chi connectivity index (χ1v) is 8.30. The summed E-state index contributed by atoms with van der Waals surface area (Å²) in [6.45, 7) is 2.62. The van der Waals surface area contributed by atoms with E-state index in [-0.39, 0.29) is 16.6 Å². The third-order valence-electron chi connectivity index (χ3n) is 4.51. The van der Waals surface area contributed by atoms with Crippen molar-refractivity contribution in [1.29, 1.82) is 0 Å². The first kappa shape index (κ1) is 16.8. The minimum Gasteiger partial charge on any atom is -0.389 e. The molecule has 0 aliphatic heterocycles. The van der Waals surface area contributed by atoms with Crippen molar-refractivity contribution in [2.45, 2.75) is 51.2 Å². The van der Waals surface area contributed by atoms with Crippen LogP contribution in [0.3, 0.4) is 0 Å². The van der Waals surface area contributed by atoms with Crippen molar-refractivity contribution in [3.63, 3.8) is 0 Å². The molecule has 1 aliphatic rings. The van der Waals surface area contributed by atoms with Crippen LogP contribution in [-0.4, -0.2) is 17.3 Å². The largest absolute Gasteiger partial charge is 0.389 e. The van der Waals surface area contributed by atoms with Gasteiger partial charge in [0.15, 0.2) is 0 Å². The maximum Gasteiger partial charge on any atom is 0.144 e. The van der Waals surface area contributed by atoms with Gasteiger partial charge in [-0.05, 0) is 59.7 Å². The van der Waals surface area contributed by atoms with Crippen molar-refractivity contribution in [2.24, 2.45) is 5.92 Å². The fraction of sp³-hybridized carbons (Fsp3) is 0.625. The predicted octanol–water partition coefficient (Wildman–Crippen LogP) is 4.15. The van der Waals surface area contributed by atoms with Crippen LogP contribution in [-0.2, 0) is 6.54 Å². The highest BCUT2D eigenvalue weighted by Crippen LogP contribution is 2.33. The monoisotopic (exact) mass is 361 g/mol. The summed E-state index contributed by atoms with van der Waals surface area (Å²) in [5.41, 5.74) is -0.736. The molecule has 0 aromatic heterocycles. The Morgan fingerprint density at radius 1 is 1.33 bits per heavy atom. The molecule has 0 amide bonds. The van der Waals surface area contributed by atoms with Crippen LogP contribution >= 0.6 is 15.9 Å². The summed E-state index contributed by atoms with van der Waals surface area (Å²) in [5, 5.41) is 13.5. The van der Waals surface area contributed by atoms with Gasteiger partial charge in [0.25, 0.3) is 0 Å². The van der Waals surface area contributed by atoms with Crippen molar-refractivity contribution in [1.82, 2.24) is 5.32 Å². The van der Waals surface area contributed by atoms with Gasteiger partial charge in [0.1, 0.15) is 11.6 Å². The van der Waals surface area contributed by atoms with Crippen LogP contribution < -0.4 is 5.32 Å². The van der Waals surface area contributed by atoms with Crippen LogP contribution in [0.25, 0.3) is 0 Å². The molecule has 2 nitrogen and oxygen atoms in total. The van der Waals surface area contributed by atoms with E-state index in [0.29, 0.717) is 12.5 Å². The molecule has 0 atom stereocenters. The van der Waals surface area contributed by atoms with Crippen molar-refractivity contribution in [3.05, 3.63) is 33.8 Å². The van der Waals surface area contributed by atoms with E-state index in [0.717, 1.165) is 32.1 Å². The molecule has 1 aromatic carbocycles. The van der Waals surface area contributed by atoms with E-state index in [1.54, 1.807) is 0 Å². The minimum absolute atomic E-state index is 0.00946. The molecule has 1 aliphatic carbocycles. The van der Waals surface area contributed by atoms with E-state index in [1.807, 2.05) is 0 Å². The van der Waals surface area contributed by atoms with E-state index in [4.69, 9.17) is 0 Å². The summed E-state index contributed by atoms with van der Waals surface area (Å²) in [6.07, 6.45) is 4.70. The van der Waals surface area contributed by atoms with Gasteiger partial charge in [-0.3, -0.25) is 0 Å². The Kier molecular flexibility index (Phi) is 5.74. The third kappa shape index (κ3) is 4.24. The van der Waals surface area contributed by atoms with Gasteiger partial charge in [-0.1, -0.05) is 13.3 Å². The fourth-order valence-corrected chi connectivity index (χ4v) is 3.32. The second-order valence-electron chi connectivity index (χ2n) is 6.00. The second kappa shape index (κ2) is 7.16. The van der Waals surface area contributed by atoms with Gasteiger partial charge in [0.2, 0.25) is 0 Å². The molecule has 0 unspecified atom stereocenters. The molecule has 0 radical (unpaired) electrons. The number of rotatable bonds is 5. The average Bonchev–Trinajstić information content (AvgIpc) is 2.48. The lowest BCUT2D eigenvalue weighted by molar-refractivity contribution is -0.00891. The zero-order valence-electron chi connectivity index (χ0n) is 12.3.